The molecule has 0 spiro atoms. The maximum Gasteiger partial charge on any atom is 0.254 e. The van der Waals surface area contributed by atoms with Crippen LogP contribution < -0.4 is 5.73 Å². The van der Waals surface area contributed by atoms with Crippen molar-refractivity contribution in [3.63, 3.8) is 0 Å². The fraction of sp³-hybridized carbons (Fsp3) is 0.625. The van der Waals surface area contributed by atoms with E-state index in [1.807, 2.05) is 11.0 Å². The average molecular weight is 291 g/mol. The van der Waals surface area contributed by atoms with Crippen LogP contribution in [-0.2, 0) is 6.42 Å². The van der Waals surface area contributed by atoms with Gasteiger partial charge < -0.3 is 15.7 Å². The van der Waals surface area contributed by atoms with Gasteiger partial charge in [0.1, 0.15) is 5.82 Å². The van der Waals surface area contributed by atoms with Crippen molar-refractivity contribution < 1.29 is 9.90 Å². The Balaban J connectivity index is 2.14. The predicted molar refractivity (Wildman–Crippen MR) is 83.0 cm³/mol. The van der Waals surface area contributed by atoms with Gasteiger partial charge in [0.05, 0.1) is 0 Å². The molecule has 2 heterocycles. The first kappa shape index (κ1) is 15.8. The van der Waals surface area contributed by atoms with E-state index in [0.29, 0.717) is 11.4 Å². The third-order valence-electron chi connectivity index (χ3n) is 3.98. The molecule has 21 heavy (non-hydrogen) atoms. The van der Waals surface area contributed by atoms with Crippen molar-refractivity contribution in [2.45, 2.75) is 51.5 Å². The largest absolute Gasteiger partial charge is 0.396 e. The number of carbonyl (C=O) groups excluding carboxylic acids is 1. The Labute approximate surface area is 126 Å². The van der Waals surface area contributed by atoms with Crippen molar-refractivity contribution in [2.24, 2.45) is 0 Å². The molecule has 1 aromatic rings. The first-order chi connectivity index (χ1) is 10.2. The number of amides is 1. The molecule has 1 aliphatic rings. The lowest BCUT2D eigenvalue weighted by atomic mass is 10.1. The Kier molecular flexibility index (Phi) is 5.56. The van der Waals surface area contributed by atoms with Crippen LogP contribution in [0.3, 0.4) is 0 Å². The molecule has 0 aliphatic carbocycles. The summed E-state index contributed by atoms with van der Waals surface area (Å²) >= 11 is 0. The highest BCUT2D eigenvalue weighted by molar-refractivity contribution is 5.95. The summed E-state index contributed by atoms with van der Waals surface area (Å²) in [5, 5.41) is 8.97. The van der Waals surface area contributed by atoms with Crippen LogP contribution >= 0.6 is 0 Å². The predicted octanol–water partition coefficient (Wildman–Crippen LogP) is 1.99. The number of hydrogen-bond acceptors (Lipinski definition) is 4. The molecule has 0 radical (unpaired) electrons. The van der Waals surface area contributed by atoms with Crippen molar-refractivity contribution >= 4 is 11.7 Å². The van der Waals surface area contributed by atoms with E-state index in [1.165, 1.54) is 0 Å². The van der Waals surface area contributed by atoms with Gasteiger partial charge in [-0.15, -0.1) is 0 Å². The third kappa shape index (κ3) is 3.94. The van der Waals surface area contributed by atoms with Gasteiger partial charge in [-0.05, 0) is 44.2 Å². The number of pyridine rings is 1. The lowest BCUT2D eigenvalue weighted by molar-refractivity contribution is 0.0724. The molecule has 5 nitrogen and oxygen atoms in total. The number of rotatable bonds is 6. The summed E-state index contributed by atoms with van der Waals surface area (Å²) in [5.41, 5.74) is 7.35. The second-order valence-corrected chi connectivity index (χ2v) is 5.68. The van der Waals surface area contributed by atoms with Crippen LogP contribution in [0.15, 0.2) is 12.1 Å². The van der Waals surface area contributed by atoms with Gasteiger partial charge in [0, 0.05) is 30.5 Å². The zero-order chi connectivity index (χ0) is 15.2. The normalized spacial score (nSPS) is 18.2. The van der Waals surface area contributed by atoms with Crippen LogP contribution in [0.25, 0.3) is 0 Å². The van der Waals surface area contributed by atoms with E-state index in [4.69, 9.17) is 10.8 Å². The lowest BCUT2D eigenvalue weighted by Gasteiger charge is -2.25. The number of aliphatic hydroxyl groups is 1. The molecular weight excluding hydrogens is 266 g/mol. The monoisotopic (exact) mass is 291 g/mol. The Morgan fingerprint density at radius 2 is 2.33 bits per heavy atom. The van der Waals surface area contributed by atoms with Crippen molar-refractivity contribution in [3.05, 3.63) is 23.4 Å². The molecule has 1 saturated heterocycles. The van der Waals surface area contributed by atoms with Crippen molar-refractivity contribution in [1.82, 2.24) is 9.88 Å². The second kappa shape index (κ2) is 7.41. The van der Waals surface area contributed by atoms with Gasteiger partial charge >= 0.3 is 0 Å². The summed E-state index contributed by atoms with van der Waals surface area (Å²) in [4.78, 5) is 18.9. The summed E-state index contributed by atoms with van der Waals surface area (Å²) < 4.78 is 0. The van der Waals surface area contributed by atoms with E-state index in [2.05, 4.69) is 11.9 Å². The topological polar surface area (TPSA) is 79.5 Å². The van der Waals surface area contributed by atoms with Crippen LogP contribution in [0.2, 0.25) is 0 Å². The number of hydrogen-bond donors (Lipinski definition) is 2. The number of aryl methyl sites for hydroxylation is 1. The summed E-state index contributed by atoms with van der Waals surface area (Å²) in [6.07, 6.45) is 5.48. The maximum atomic E-state index is 12.7. The number of nitrogens with zero attached hydrogens (tertiary/aromatic N) is 2. The Morgan fingerprint density at radius 1 is 1.52 bits per heavy atom. The fourth-order valence-corrected chi connectivity index (χ4v) is 3.01. The number of nitrogens with two attached hydrogens (primary N) is 1. The van der Waals surface area contributed by atoms with E-state index >= 15 is 0 Å². The van der Waals surface area contributed by atoms with Gasteiger partial charge in [0.2, 0.25) is 0 Å². The Morgan fingerprint density at radius 3 is 3.05 bits per heavy atom. The summed E-state index contributed by atoms with van der Waals surface area (Å²) in [7, 11) is 0. The van der Waals surface area contributed by atoms with Gasteiger partial charge in [-0.25, -0.2) is 4.98 Å². The molecule has 0 bridgehead atoms. The fourth-order valence-electron chi connectivity index (χ4n) is 3.01. The van der Waals surface area contributed by atoms with Crippen LogP contribution in [0.5, 0.6) is 0 Å². The van der Waals surface area contributed by atoms with Crippen LogP contribution in [-0.4, -0.2) is 40.1 Å². The number of aliphatic hydroxyl groups excluding tert-OH is 1. The molecule has 1 fully saturated rings. The minimum absolute atomic E-state index is 0.0434. The number of anilines is 1. The van der Waals surface area contributed by atoms with Gasteiger partial charge in [-0.2, -0.15) is 0 Å². The highest BCUT2D eigenvalue weighted by Crippen LogP contribution is 2.24. The highest BCUT2D eigenvalue weighted by Gasteiger charge is 2.29. The first-order valence-electron chi connectivity index (χ1n) is 7.84. The zero-order valence-electron chi connectivity index (χ0n) is 12.7. The third-order valence-corrected chi connectivity index (χ3v) is 3.98. The lowest BCUT2D eigenvalue weighted by Crippen LogP contribution is -2.35. The standard InChI is InChI=1S/C16H25N3O2/c1-2-5-13-10-12(11-15(17)18-13)16(21)19-8-3-6-14(19)7-4-9-20/h10-11,14,20H,2-9H2,1H3,(H2,17,18). The second-order valence-electron chi connectivity index (χ2n) is 5.68. The van der Waals surface area contributed by atoms with Crippen molar-refractivity contribution in [1.29, 1.82) is 0 Å². The molecular formula is C16H25N3O2. The maximum absolute atomic E-state index is 12.7. The molecule has 1 aromatic heterocycles. The molecule has 1 amide bonds. The quantitative estimate of drug-likeness (QED) is 0.840. The summed E-state index contributed by atoms with van der Waals surface area (Å²) in [6.45, 7) is 3.05. The van der Waals surface area contributed by atoms with Crippen LogP contribution in [0.1, 0.15) is 55.1 Å². The van der Waals surface area contributed by atoms with E-state index in [1.54, 1.807) is 6.07 Å². The molecule has 0 saturated carbocycles. The minimum atomic E-state index is 0.0434. The minimum Gasteiger partial charge on any atom is -0.396 e. The molecule has 5 heteroatoms. The molecule has 116 valence electrons. The van der Waals surface area contributed by atoms with E-state index in [0.717, 1.165) is 50.8 Å². The molecule has 0 aromatic carbocycles. The van der Waals surface area contributed by atoms with Gasteiger partial charge in [0.15, 0.2) is 0 Å². The summed E-state index contributed by atoms with van der Waals surface area (Å²) in [5.74, 6) is 0.456. The van der Waals surface area contributed by atoms with Gasteiger partial charge in [0.25, 0.3) is 5.91 Å². The SMILES string of the molecule is CCCc1cc(C(=O)N2CCCC2CCCO)cc(N)n1. The van der Waals surface area contributed by atoms with Gasteiger partial charge in [-0.3, -0.25) is 4.79 Å². The van der Waals surface area contributed by atoms with Crippen molar-refractivity contribution in [3.8, 4) is 0 Å². The van der Waals surface area contributed by atoms with Crippen LogP contribution in [0.4, 0.5) is 5.82 Å². The van der Waals surface area contributed by atoms with E-state index in [-0.39, 0.29) is 18.6 Å². The summed E-state index contributed by atoms with van der Waals surface area (Å²) in [6, 6.07) is 3.78. The molecule has 1 atom stereocenters. The number of likely N-dealkylation sites (tertiary alicyclic amines) is 1. The molecule has 3 N–H and O–H groups in total. The Bertz CT molecular complexity index is 490. The number of nitrogen functional groups attached to an aromatic ring is 1. The zero-order valence-corrected chi connectivity index (χ0v) is 12.7. The number of aromatic nitrogens is 1. The first-order valence-corrected chi connectivity index (χ1v) is 7.84. The Hall–Kier alpha value is -1.62. The smallest absolute Gasteiger partial charge is 0.254 e. The van der Waals surface area contributed by atoms with Crippen molar-refractivity contribution in [2.75, 3.05) is 18.9 Å². The molecule has 1 unspecified atom stereocenters. The van der Waals surface area contributed by atoms with E-state index < -0.39 is 0 Å². The van der Waals surface area contributed by atoms with Gasteiger partial charge in [-0.1, -0.05) is 13.3 Å². The van der Waals surface area contributed by atoms with E-state index in [9.17, 15) is 4.79 Å². The number of carbonyl (C=O) groups is 1. The molecule has 1 aliphatic heterocycles. The average Bonchev–Trinajstić information content (AvgIpc) is 2.92. The molecule has 2 rings (SSSR count). The van der Waals surface area contributed by atoms with Crippen LogP contribution in [0, 0.1) is 0 Å². The highest BCUT2D eigenvalue weighted by atomic mass is 16.3.